The number of aromatic nitrogens is 1. The molecule has 1 aromatic heterocycles. The maximum Gasteiger partial charge on any atom is 0.0629 e. The predicted molar refractivity (Wildman–Crippen MR) is 60.6 cm³/mol. The number of rotatable bonds is 3. The summed E-state index contributed by atoms with van der Waals surface area (Å²) in [4.78, 5) is 4.32. The predicted octanol–water partition coefficient (Wildman–Crippen LogP) is 2.34. The third-order valence-electron chi connectivity index (χ3n) is 3.45. The lowest BCUT2D eigenvalue weighted by molar-refractivity contribution is 0.136. The van der Waals surface area contributed by atoms with Crippen LogP contribution in [0.1, 0.15) is 31.5 Å². The van der Waals surface area contributed by atoms with E-state index in [2.05, 4.69) is 18.8 Å². The van der Waals surface area contributed by atoms with E-state index < -0.39 is 0 Å². The van der Waals surface area contributed by atoms with Crippen LogP contribution in [-0.2, 0) is 6.42 Å². The van der Waals surface area contributed by atoms with Crippen LogP contribution in [0.2, 0.25) is 0 Å². The molecule has 0 bridgehead atoms. The molecule has 2 nitrogen and oxygen atoms in total. The van der Waals surface area contributed by atoms with Crippen LogP contribution < -0.4 is 0 Å². The SMILES string of the molecule is Cc1ccc(CC(O)C2CC2(C)C)nc1. The molecule has 2 heteroatoms. The Kier molecular flexibility index (Phi) is 2.55. The van der Waals surface area contributed by atoms with Gasteiger partial charge in [-0.3, -0.25) is 4.98 Å². The number of aliphatic hydroxyl groups excluding tert-OH is 1. The molecule has 0 aromatic carbocycles. The van der Waals surface area contributed by atoms with Gasteiger partial charge in [-0.05, 0) is 36.3 Å². The van der Waals surface area contributed by atoms with Gasteiger partial charge in [0.15, 0.2) is 0 Å². The zero-order chi connectivity index (χ0) is 11.1. The van der Waals surface area contributed by atoms with E-state index in [0.29, 0.717) is 17.8 Å². The van der Waals surface area contributed by atoms with E-state index in [-0.39, 0.29) is 6.10 Å². The molecule has 0 radical (unpaired) electrons. The molecule has 2 atom stereocenters. The molecule has 1 fully saturated rings. The summed E-state index contributed by atoms with van der Waals surface area (Å²) < 4.78 is 0. The highest BCUT2D eigenvalue weighted by Gasteiger charge is 2.49. The van der Waals surface area contributed by atoms with Crippen LogP contribution in [0.25, 0.3) is 0 Å². The molecule has 1 aromatic rings. The molecule has 2 unspecified atom stereocenters. The molecule has 0 saturated heterocycles. The van der Waals surface area contributed by atoms with E-state index in [1.807, 2.05) is 25.3 Å². The number of aryl methyl sites for hydroxylation is 1. The minimum Gasteiger partial charge on any atom is -0.392 e. The fourth-order valence-corrected chi connectivity index (χ4v) is 2.14. The summed E-state index contributed by atoms with van der Waals surface area (Å²) in [7, 11) is 0. The van der Waals surface area contributed by atoms with Crippen LogP contribution >= 0.6 is 0 Å². The van der Waals surface area contributed by atoms with Gasteiger partial charge in [0, 0.05) is 18.3 Å². The van der Waals surface area contributed by atoms with E-state index in [0.717, 1.165) is 12.1 Å². The lowest BCUT2D eigenvalue weighted by atomic mass is 10.0. The normalized spacial score (nSPS) is 24.9. The van der Waals surface area contributed by atoms with E-state index in [1.165, 1.54) is 5.56 Å². The molecule has 0 spiro atoms. The standard InChI is InChI=1S/C13H19NO/c1-9-4-5-10(14-8-9)6-12(15)11-7-13(11,2)3/h4-5,8,11-12,15H,6-7H2,1-3H3. The van der Waals surface area contributed by atoms with Gasteiger partial charge in [0.25, 0.3) is 0 Å². The number of pyridine rings is 1. The van der Waals surface area contributed by atoms with Gasteiger partial charge >= 0.3 is 0 Å². The minimum atomic E-state index is -0.227. The minimum absolute atomic E-state index is 0.227. The smallest absolute Gasteiger partial charge is 0.0629 e. The lowest BCUT2D eigenvalue weighted by Crippen LogP contribution is -2.16. The lowest BCUT2D eigenvalue weighted by Gasteiger charge is -2.11. The maximum atomic E-state index is 10.0. The molecule has 1 heterocycles. The zero-order valence-electron chi connectivity index (χ0n) is 9.70. The van der Waals surface area contributed by atoms with E-state index in [1.54, 1.807) is 0 Å². The molecular formula is C13H19NO. The van der Waals surface area contributed by atoms with Crippen molar-refractivity contribution in [2.75, 3.05) is 0 Å². The summed E-state index contributed by atoms with van der Waals surface area (Å²) in [5.41, 5.74) is 2.50. The Labute approximate surface area is 91.4 Å². The second kappa shape index (κ2) is 3.60. The van der Waals surface area contributed by atoms with Gasteiger partial charge in [-0.1, -0.05) is 19.9 Å². The average molecular weight is 205 g/mol. The first-order valence-corrected chi connectivity index (χ1v) is 5.58. The van der Waals surface area contributed by atoms with Gasteiger partial charge < -0.3 is 5.11 Å². The Hall–Kier alpha value is -0.890. The Morgan fingerprint density at radius 1 is 1.53 bits per heavy atom. The quantitative estimate of drug-likeness (QED) is 0.821. The number of hydrogen-bond donors (Lipinski definition) is 1. The fraction of sp³-hybridized carbons (Fsp3) is 0.615. The molecule has 1 saturated carbocycles. The molecule has 0 aliphatic heterocycles. The molecule has 1 N–H and O–H groups in total. The zero-order valence-corrected chi connectivity index (χ0v) is 9.70. The summed E-state index contributed by atoms with van der Waals surface area (Å²) in [5.74, 6) is 0.459. The van der Waals surface area contributed by atoms with Gasteiger partial charge in [0.05, 0.1) is 6.10 Å². The number of nitrogens with zero attached hydrogens (tertiary/aromatic N) is 1. The van der Waals surface area contributed by atoms with Gasteiger partial charge in [0.2, 0.25) is 0 Å². The highest BCUT2D eigenvalue weighted by molar-refractivity contribution is 5.14. The second-order valence-corrected chi connectivity index (χ2v) is 5.40. The summed E-state index contributed by atoms with van der Waals surface area (Å²) in [6.45, 7) is 6.45. The molecule has 1 aliphatic rings. The van der Waals surface area contributed by atoms with Crippen molar-refractivity contribution < 1.29 is 5.11 Å². The van der Waals surface area contributed by atoms with Crippen LogP contribution in [0.15, 0.2) is 18.3 Å². The monoisotopic (exact) mass is 205 g/mol. The first-order valence-electron chi connectivity index (χ1n) is 5.58. The van der Waals surface area contributed by atoms with Crippen molar-refractivity contribution in [3.63, 3.8) is 0 Å². The molecule has 0 amide bonds. The van der Waals surface area contributed by atoms with Gasteiger partial charge in [0.1, 0.15) is 0 Å². The fourth-order valence-electron chi connectivity index (χ4n) is 2.14. The van der Waals surface area contributed by atoms with Crippen molar-refractivity contribution in [2.45, 2.75) is 39.7 Å². The maximum absolute atomic E-state index is 10.0. The third kappa shape index (κ3) is 2.37. The molecule has 2 rings (SSSR count). The van der Waals surface area contributed by atoms with Gasteiger partial charge in [-0.25, -0.2) is 0 Å². The summed E-state index contributed by atoms with van der Waals surface area (Å²) in [6.07, 6.45) is 3.46. The third-order valence-corrected chi connectivity index (χ3v) is 3.45. The molecular weight excluding hydrogens is 186 g/mol. The highest BCUT2D eigenvalue weighted by Crippen LogP contribution is 2.53. The van der Waals surface area contributed by atoms with Crippen molar-refractivity contribution in [1.29, 1.82) is 0 Å². The topological polar surface area (TPSA) is 33.1 Å². The van der Waals surface area contributed by atoms with Crippen LogP contribution in [0.4, 0.5) is 0 Å². The van der Waals surface area contributed by atoms with Crippen molar-refractivity contribution in [1.82, 2.24) is 4.98 Å². The van der Waals surface area contributed by atoms with Crippen molar-refractivity contribution in [2.24, 2.45) is 11.3 Å². The largest absolute Gasteiger partial charge is 0.392 e. The Morgan fingerprint density at radius 2 is 2.20 bits per heavy atom. The average Bonchev–Trinajstić information content (AvgIpc) is 2.79. The number of aliphatic hydroxyl groups is 1. The first kappa shape index (κ1) is 10.6. The van der Waals surface area contributed by atoms with Crippen LogP contribution in [0, 0.1) is 18.3 Å². The van der Waals surface area contributed by atoms with Crippen molar-refractivity contribution >= 4 is 0 Å². The van der Waals surface area contributed by atoms with Gasteiger partial charge in [-0.2, -0.15) is 0 Å². The Morgan fingerprint density at radius 3 is 2.67 bits per heavy atom. The first-order chi connectivity index (χ1) is 6.99. The second-order valence-electron chi connectivity index (χ2n) is 5.40. The van der Waals surface area contributed by atoms with Crippen molar-refractivity contribution in [3.8, 4) is 0 Å². The summed E-state index contributed by atoms with van der Waals surface area (Å²) in [5, 5.41) is 10.0. The number of hydrogen-bond acceptors (Lipinski definition) is 2. The van der Waals surface area contributed by atoms with Crippen LogP contribution in [0.3, 0.4) is 0 Å². The molecule has 1 aliphatic carbocycles. The molecule has 15 heavy (non-hydrogen) atoms. The summed E-state index contributed by atoms with van der Waals surface area (Å²) in [6, 6.07) is 4.06. The van der Waals surface area contributed by atoms with E-state index in [9.17, 15) is 5.11 Å². The Balaban J connectivity index is 1.95. The Bertz CT molecular complexity index is 342. The molecule has 82 valence electrons. The van der Waals surface area contributed by atoms with Crippen molar-refractivity contribution in [3.05, 3.63) is 29.6 Å². The van der Waals surface area contributed by atoms with Gasteiger partial charge in [-0.15, -0.1) is 0 Å². The van der Waals surface area contributed by atoms with E-state index in [4.69, 9.17) is 0 Å². The van der Waals surface area contributed by atoms with Crippen LogP contribution in [0.5, 0.6) is 0 Å². The van der Waals surface area contributed by atoms with Crippen LogP contribution in [-0.4, -0.2) is 16.2 Å². The van der Waals surface area contributed by atoms with E-state index >= 15 is 0 Å². The summed E-state index contributed by atoms with van der Waals surface area (Å²) >= 11 is 0. The highest BCUT2D eigenvalue weighted by atomic mass is 16.3.